The highest BCUT2D eigenvalue weighted by Gasteiger charge is 2.59. The third kappa shape index (κ3) is 15.7. The molecule has 616 valence electrons. The van der Waals surface area contributed by atoms with Gasteiger partial charge in [-0.15, -0.1) is 47.0 Å². The molecule has 20 nitrogen and oxygen atoms in total. The Labute approximate surface area is 741 Å². The Kier molecular flexibility index (Phi) is 23.5. The normalized spacial score (nSPS) is 30.1. The first-order chi connectivity index (χ1) is 56.5. The average molecular weight is 1920 g/mol. The third-order valence-corrected chi connectivity index (χ3v) is 33.5. The van der Waals surface area contributed by atoms with Gasteiger partial charge < -0.3 is 61.3 Å². The van der Waals surface area contributed by atoms with Crippen molar-refractivity contribution in [1.29, 1.82) is 0 Å². The summed E-state index contributed by atoms with van der Waals surface area (Å²) in [6.07, 6.45) is 14.8. The second-order valence-corrected chi connectivity index (χ2v) is 42.2. The number of hydrogen-bond donors (Lipinski definition) is 8. The van der Waals surface area contributed by atoms with Gasteiger partial charge in [0.2, 0.25) is 0 Å². The van der Waals surface area contributed by atoms with Gasteiger partial charge in [-0.3, -0.25) is 38.4 Å². The van der Waals surface area contributed by atoms with E-state index in [-0.39, 0.29) is 89.7 Å². The Hall–Kier alpha value is -7.05. The average Bonchev–Trinajstić information content (AvgIpc) is 1.66. The van der Waals surface area contributed by atoms with Crippen molar-refractivity contribution in [3.05, 3.63) is 240 Å². The summed E-state index contributed by atoms with van der Waals surface area (Å²) in [5.41, 5.74) is 6.82. The summed E-state index contributed by atoms with van der Waals surface area (Å²) in [5, 5.41) is 55.7. The molecule has 8 bridgehead atoms. The molecular formula is C88H86Br3Cl3N8O12S4. The van der Waals surface area contributed by atoms with E-state index in [2.05, 4.69) is 100 Å². The summed E-state index contributed by atoms with van der Waals surface area (Å²) in [4.78, 5) is 112. The van der Waals surface area contributed by atoms with Gasteiger partial charge in [0.25, 0.3) is 47.3 Å². The van der Waals surface area contributed by atoms with Crippen molar-refractivity contribution in [2.24, 2.45) is 35.5 Å². The van der Waals surface area contributed by atoms with E-state index in [9.17, 15) is 58.8 Å². The van der Waals surface area contributed by atoms with Gasteiger partial charge in [-0.1, -0.05) is 144 Å². The van der Waals surface area contributed by atoms with E-state index in [4.69, 9.17) is 34.8 Å². The van der Waals surface area contributed by atoms with Crippen LogP contribution in [0.2, 0.25) is 15.1 Å². The number of hydrogen-bond acceptors (Lipinski definition) is 16. The maximum atomic E-state index is 13.4. The van der Waals surface area contributed by atoms with Crippen LogP contribution in [0, 0.1) is 49.4 Å². The smallest absolute Gasteiger partial charge is 0.264 e. The molecule has 8 atom stereocenters. The minimum atomic E-state index is -0.611. The van der Waals surface area contributed by atoms with E-state index < -0.39 is 59.6 Å². The van der Waals surface area contributed by atoms with Gasteiger partial charge in [-0.2, -0.15) is 0 Å². The number of fused-ring (bicyclic) bond motifs is 4. The molecule has 16 aliphatic rings. The first kappa shape index (κ1) is 83.2. The van der Waals surface area contributed by atoms with Gasteiger partial charge in [0, 0.05) is 79.5 Å². The standard InChI is InChI=1S/C25H30N2O3S.C23H24BrClN2O3S.2C20H16BrClN2O3S/c1-2-14-3-5-18(6-4-14)24-27-19(13-31-24)21(28)20(23(27)30)22(29)26-25-10-15-7-16(11-25)9-17(8-15)12-25;24-14-1-2-15(16(25)6-14)22-27-17(10-31-22)19(28)18(21(27)30)20(29)26-23-7-11-3-12(8-23)5-13(4-11)9-23;1-10-8-13(22)6-7-14(10)23-18(26)16-17(25)15-9-28-20(24(15)19(16)27)11-2-4-12(21)5-3-11;1-10-7-13(22)5-6-14(10)23-18(26)16-17(25)15-9-28-20(24(15)19(16)27)11-3-2-4-12(21)8-11/h3-6,15-17,19,24,28H,2,7-13H2,1H3,(H,26,29);1-2,6,11-13,17,22,28H,3-5,7-10H2,(H,26,29);2*2-8,15,20,25H,9H2,1H3,(H,23,26)/t15?,16?,17?,19?,24-,25?;11?,12?,13?,17?,22-,23?;2*15?,20-/m0000/s1. The minimum absolute atomic E-state index is 0.0174. The van der Waals surface area contributed by atoms with Crippen LogP contribution in [0.5, 0.6) is 0 Å². The van der Waals surface area contributed by atoms with Gasteiger partial charge in [0.1, 0.15) is 91.0 Å². The van der Waals surface area contributed by atoms with Crippen molar-refractivity contribution in [2.75, 3.05) is 33.6 Å². The van der Waals surface area contributed by atoms with Gasteiger partial charge in [-0.05, 0) is 239 Å². The fourth-order valence-electron chi connectivity index (χ4n) is 21.3. The molecule has 4 saturated heterocycles. The number of rotatable bonds is 13. The van der Waals surface area contributed by atoms with Crippen LogP contribution in [0.15, 0.2) is 186 Å². The lowest BCUT2D eigenvalue weighted by Gasteiger charge is -2.56. The Morgan fingerprint density at radius 2 is 0.754 bits per heavy atom. The van der Waals surface area contributed by atoms with Crippen molar-refractivity contribution in [3.63, 3.8) is 0 Å². The van der Waals surface area contributed by atoms with Crippen LogP contribution in [-0.2, 0) is 44.8 Å². The van der Waals surface area contributed by atoms with Crippen molar-refractivity contribution in [3.8, 4) is 0 Å². The van der Waals surface area contributed by atoms with Crippen molar-refractivity contribution in [2.45, 2.75) is 161 Å². The molecule has 12 fully saturated rings. The van der Waals surface area contributed by atoms with Crippen LogP contribution in [-0.4, -0.2) is 146 Å². The second-order valence-electron chi connectivity index (χ2n) is 33.7. The Morgan fingerprint density at radius 1 is 0.415 bits per heavy atom. The Morgan fingerprint density at radius 3 is 1.12 bits per heavy atom. The highest BCUT2D eigenvalue weighted by Crippen LogP contribution is 2.59. The molecule has 8 saturated carbocycles. The lowest BCUT2D eigenvalue weighted by atomic mass is 9.53. The molecule has 0 aromatic heterocycles. The van der Waals surface area contributed by atoms with Gasteiger partial charge >= 0.3 is 0 Å². The number of aryl methyl sites for hydroxylation is 3. The van der Waals surface area contributed by atoms with Crippen LogP contribution in [0.1, 0.15) is 144 Å². The van der Waals surface area contributed by atoms with Crippen molar-refractivity contribution >= 4 is 188 Å². The number of nitrogens with zero attached hydrogens (tertiary/aromatic N) is 4. The fourth-order valence-corrected chi connectivity index (χ4v) is 29.0. The van der Waals surface area contributed by atoms with Gasteiger partial charge in [0.05, 0.1) is 0 Å². The number of halogens is 6. The number of thioether (sulfide) groups is 4. The monoisotopic (exact) mass is 1920 g/mol. The minimum Gasteiger partial charge on any atom is -0.509 e. The molecular weight excluding hydrogens is 1840 g/mol. The van der Waals surface area contributed by atoms with E-state index in [0.717, 1.165) is 91.7 Å². The van der Waals surface area contributed by atoms with E-state index in [1.54, 1.807) is 109 Å². The van der Waals surface area contributed by atoms with Crippen LogP contribution < -0.4 is 21.3 Å². The quantitative estimate of drug-likeness (QED) is 0.0499. The molecule has 8 heterocycles. The Bertz CT molecular complexity index is 5260. The zero-order chi connectivity index (χ0) is 82.8. The lowest BCUT2D eigenvalue weighted by molar-refractivity contribution is -0.133. The van der Waals surface area contributed by atoms with E-state index >= 15 is 0 Å². The van der Waals surface area contributed by atoms with Crippen LogP contribution >= 0.6 is 130 Å². The number of aliphatic hydroxyl groups is 4. The molecule has 0 spiro atoms. The summed E-state index contributed by atoms with van der Waals surface area (Å²) in [5.74, 6) is 2.39. The highest BCUT2D eigenvalue weighted by atomic mass is 79.9. The largest absolute Gasteiger partial charge is 0.509 e. The topological polar surface area (TPSA) is 279 Å². The first-order valence-corrected chi connectivity index (χ1v) is 47.6. The summed E-state index contributed by atoms with van der Waals surface area (Å²) in [6, 6.07) is 37.6. The van der Waals surface area contributed by atoms with Crippen LogP contribution in [0.3, 0.4) is 0 Å². The number of benzene rings is 6. The number of carbonyl (C=O) groups excluding carboxylic acids is 8. The molecule has 4 unspecified atom stereocenters. The van der Waals surface area contributed by atoms with Gasteiger partial charge in [-0.25, -0.2) is 0 Å². The summed E-state index contributed by atoms with van der Waals surface area (Å²) >= 11 is 35.0. The summed E-state index contributed by atoms with van der Waals surface area (Å²) < 4.78 is 2.72. The molecule has 8 amide bonds. The number of aliphatic hydroxyl groups excluding tert-OH is 4. The summed E-state index contributed by atoms with van der Waals surface area (Å²) in [6.45, 7) is 5.74. The molecule has 22 rings (SSSR count). The SMILES string of the molecule is CCc1ccc([C@@H]2SCC3C(O)=C(C(=O)NC45CC6CC(CC(C6)C4)C5)C(=O)N32)cc1.Cc1cc(Cl)ccc1NC(=O)C1=C(O)C2CS[C@@H](c3ccc(Br)cc3)N2C1=O.Cc1cc(Cl)ccc1NC(=O)C1=C(O)C2CS[C@@H](c3cccc(Br)c3)N2C1=O.O=C(NC12CC3CC(CC(C3)C1)C2)C1=C(O)C2CS[C@@H](c3ccc(Br)cc3Cl)N2C1=O. The predicted octanol–water partition coefficient (Wildman–Crippen LogP) is 18.7. The zero-order valence-electron chi connectivity index (χ0n) is 64.5. The van der Waals surface area contributed by atoms with E-state index in [1.807, 2.05) is 74.5 Å². The molecule has 8 aliphatic carbocycles. The summed E-state index contributed by atoms with van der Waals surface area (Å²) in [7, 11) is 0. The molecule has 8 N–H and O–H groups in total. The van der Waals surface area contributed by atoms with Crippen molar-refractivity contribution in [1.82, 2.24) is 30.2 Å². The van der Waals surface area contributed by atoms with Crippen LogP contribution in [0.4, 0.5) is 11.4 Å². The molecule has 8 aliphatic heterocycles. The van der Waals surface area contributed by atoms with E-state index in [1.165, 1.54) is 44.1 Å². The fraction of sp³-hybridized carbons (Fsp3) is 0.409. The zero-order valence-corrected chi connectivity index (χ0v) is 74.8. The molecule has 118 heavy (non-hydrogen) atoms. The van der Waals surface area contributed by atoms with Gasteiger partial charge in [0.15, 0.2) is 0 Å². The molecule has 30 heteroatoms. The second kappa shape index (κ2) is 33.3. The lowest BCUT2D eigenvalue weighted by Crippen LogP contribution is -2.60. The number of anilines is 2. The number of carbonyl (C=O) groups is 8. The molecule has 0 radical (unpaired) electrons. The van der Waals surface area contributed by atoms with Crippen molar-refractivity contribution < 1.29 is 58.8 Å². The molecule has 6 aromatic carbocycles. The highest BCUT2D eigenvalue weighted by molar-refractivity contribution is 9.11. The maximum Gasteiger partial charge on any atom is 0.264 e. The third-order valence-electron chi connectivity index (χ3n) is 25.9. The maximum absolute atomic E-state index is 13.4. The molecule has 6 aromatic rings. The van der Waals surface area contributed by atoms with Crippen LogP contribution in [0.25, 0.3) is 0 Å². The van der Waals surface area contributed by atoms with E-state index in [0.29, 0.717) is 85.0 Å². The first-order valence-electron chi connectivity index (χ1n) is 39.9. The number of amides is 8. The predicted molar refractivity (Wildman–Crippen MR) is 473 cm³/mol. The number of nitrogens with one attached hydrogen (secondary N) is 4. The Balaban J connectivity index is 0.000000113.